The number of nitrogens with zero attached hydrogens (tertiary/aromatic N) is 4. The molecule has 1 unspecified atom stereocenters. The quantitative estimate of drug-likeness (QED) is 0.448. The van der Waals surface area contributed by atoms with Crippen molar-refractivity contribution in [2.75, 3.05) is 6.61 Å². The Labute approximate surface area is 158 Å². The Morgan fingerprint density at radius 3 is 2.88 bits per heavy atom. The number of imidazole rings is 1. The van der Waals surface area contributed by atoms with Gasteiger partial charge in [-0.1, -0.05) is 0 Å². The SMILES string of the molecule is B[PH]1(O)OC[C@H]2O[C@@H](n3cnc4c(Cl)ncnc43)C(O[Si](C)(C)C)[C@@H]2O1. The maximum absolute atomic E-state index is 10.3. The first-order valence-corrected chi connectivity index (χ1v) is 14.4. The zero-order valence-electron chi connectivity index (χ0n) is 14.9. The summed E-state index contributed by atoms with van der Waals surface area (Å²) in [6.07, 6.45) is 1.31. The Morgan fingerprint density at radius 1 is 1.38 bits per heavy atom. The van der Waals surface area contributed by atoms with Gasteiger partial charge in [0.1, 0.15) is 0 Å². The van der Waals surface area contributed by atoms with E-state index in [4.69, 9.17) is 29.8 Å². The molecule has 9 nitrogen and oxygen atoms in total. The molecule has 4 heterocycles. The molecule has 2 aromatic heterocycles. The van der Waals surface area contributed by atoms with Crippen molar-refractivity contribution in [3.63, 3.8) is 0 Å². The molecule has 142 valence electrons. The second-order valence-electron chi connectivity index (χ2n) is 7.54. The molecule has 2 fully saturated rings. The molecular weight excluding hydrogens is 397 g/mol. The van der Waals surface area contributed by atoms with Gasteiger partial charge in [-0.15, -0.1) is 0 Å². The summed E-state index contributed by atoms with van der Waals surface area (Å²) < 4.78 is 25.7. The first-order valence-electron chi connectivity index (χ1n) is 8.35. The average Bonchev–Trinajstić information content (AvgIpc) is 3.08. The fourth-order valence-corrected chi connectivity index (χ4v) is 5.85. The number of rotatable bonds is 3. The van der Waals surface area contributed by atoms with Crippen LogP contribution in [0.1, 0.15) is 6.23 Å². The topological polar surface area (TPSA) is 101 Å². The standard InChI is InChI=1S/C13H21BClN4O5PSi/c1-26(2,3)24-10-9-7(4-21-25(14,20)23-9)22-13(10)19-6-18-8-11(15)16-5-17-12(8)19/h5-7,9-10,13,20,25H,4,14H2,1-3H3/t7-,9-,10?,13-/m1/s1. The third-order valence-corrected chi connectivity index (χ3v) is 6.90. The number of halogens is 1. The van der Waals surface area contributed by atoms with Gasteiger partial charge in [-0.3, -0.25) is 0 Å². The van der Waals surface area contributed by atoms with E-state index < -0.39 is 34.6 Å². The van der Waals surface area contributed by atoms with E-state index in [2.05, 4.69) is 34.6 Å². The fourth-order valence-electron chi connectivity index (χ4n) is 3.28. The van der Waals surface area contributed by atoms with Crippen molar-refractivity contribution >= 4 is 46.5 Å². The predicted molar refractivity (Wildman–Crippen MR) is 102 cm³/mol. The molecule has 0 aromatic carbocycles. The molecule has 0 radical (unpaired) electrons. The van der Waals surface area contributed by atoms with Crippen LogP contribution in [0.3, 0.4) is 0 Å². The van der Waals surface area contributed by atoms with Crippen LogP contribution in [-0.2, 0) is 18.2 Å². The minimum atomic E-state index is -3.19. The summed E-state index contributed by atoms with van der Waals surface area (Å²) in [4.78, 5) is 22.9. The second-order valence-corrected chi connectivity index (χ2v) is 14.7. The molecule has 0 saturated carbocycles. The Morgan fingerprint density at radius 2 is 2.15 bits per heavy atom. The van der Waals surface area contributed by atoms with Gasteiger partial charge in [0, 0.05) is 0 Å². The van der Waals surface area contributed by atoms with Crippen LogP contribution in [0.15, 0.2) is 12.7 Å². The van der Waals surface area contributed by atoms with E-state index in [1.54, 1.807) is 18.5 Å². The average molecular weight is 419 g/mol. The van der Waals surface area contributed by atoms with Crippen molar-refractivity contribution in [2.45, 2.75) is 44.2 Å². The number of ether oxygens (including phenoxy) is 1. The molecule has 2 saturated heterocycles. The molecule has 13 heteroatoms. The normalized spacial score (nSPS) is 32.5. The fraction of sp³-hybridized carbons (Fsp3) is 0.615. The molecule has 1 N–H and O–H groups in total. The van der Waals surface area contributed by atoms with E-state index in [0.717, 1.165) is 0 Å². The van der Waals surface area contributed by atoms with Crippen LogP contribution in [-0.4, -0.2) is 65.2 Å². The first kappa shape index (κ1) is 18.7. The maximum atomic E-state index is 10.3. The van der Waals surface area contributed by atoms with Gasteiger partial charge in [0.05, 0.1) is 0 Å². The van der Waals surface area contributed by atoms with Crippen LogP contribution < -0.4 is 0 Å². The van der Waals surface area contributed by atoms with Gasteiger partial charge in [-0.25, -0.2) is 0 Å². The van der Waals surface area contributed by atoms with E-state index in [1.807, 2.05) is 0 Å². The summed E-state index contributed by atoms with van der Waals surface area (Å²) in [5.74, 6) is 0. The van der Waals surface area contributed by atoms with E-state index >= 15 is 0 Å². The van der Waals surface area contributed by atoms with Crippen molar-refractivity contribution in [1.29, 1.82) is 0 Å². The summed E-state index contributed by atoms with van der Waals surface area (Å²) >= 11 is 6.11. The van der Waals surface area contributed by atoms with Crippen molar-refractivity contribution in [3.8, 4) is 0 Å². The van der Waals surface area contributed by atoms with E-state index in [-0.39, 0.29) is 17.9 Å². The summed E-state index contributed by atoms with van der Waals surface area (Å²) in [6, 6.07) is 0. The molecule has 0 amide bonds. The predicted octanol–water partition coefficient (Wildman–Crippen LogP) is 1.05. The summed E-state index contributed by atoms with van der Waals surface area (Å²) in [7, 11) is -3.52. The van der Waals surface area contributed by atoms with Gasteiger partial charge in [0.15, 0.2) is 0 Å². The summed E-state index contributed by atoms with van der Waals surface area (Å²) in [5, 5.41) is 0.279. The van der Waals surface area contributed by atoms with Crippen LogP contribution in [0.5, 0.6) is 0 Å². The number of aromatic nitrogens is 4. The summed E-state index contributed by atoms with van der Waals surface area (Å²) in [6.45, 7) is 6.54. The van der Waals surface area contributed by atoms with Crippen molar-refractivity contribution in [2.24, 2.45) is 0 Å². The molecule has 0 bridgehead atoms. The summed E-state index contributed by atoms with van der Waals surface area (Å²) in [5.41, 5.74) is 1.06. The molecule has 2 aliphatic heterocycles. The second kappa shape index (κ2) is 6.46. The third-order valence-electron chi connectivity index (χ3n) is 4.23. The molecule has 0 aliphatic carbocycles. The molecule has 2 aliphatic rings. The van der Waals surface area contributed by atoms with Gasteiger partial charge in [-0.05, 0) is 0 Å². The number of fused-ring (bicyclic) bond motifs is 2. The molecule has 4 atom stereocenters. The minimum absolute atomic E-state index is 0.258. The monoisotopic (exact) mass is 418 g/mol. The zero-order valence-corrected chi connectivity index (χ0v) is 17.7. The van der Waals surface area contributed by atoms with Crippen molar-refractivity contribution in [3.05, 3.63) is 17.8 Å². The Bertz CT molecular complexity index is 836. The number of hydrogen-bond donors (Lipinski definition) is 1. The van der Waals surface area contributed by atoms with E-state index in [9.17, 15) is 4.89 Å². The van der Waals surface area contributed by atoms with Crippen LogP contribution in [0.4, 0.5) is 0 Å². The molecule has 0 spiro atoms. The first-order chi connectivity index (χ1) is 12.1. The van der Waals surface area contributed by atoms with Crippen molar-refractivity contribution in [1.82, 2.24) is 19.5 Å². The van der Waals surface area contributed by atoms with Gasteiger partial charge in [0.25, 0.3) is 0 Å². The Hall–Kier alpha value is -0.648. The molecule has 26 heavy (non-hydrogen) atoms. The van der Waals surface area contributed by atoms with Gasteiger partial charge in [-0.2, -0.15) is 0 Å². The molecule has 2 aromatic rings. The van der Waals surface area contributed by atoms with Crippen LogP contribution in [0.25, 0.3) is 11.2 Å². The van der Waals surface area contributed by atoms with Gasteiger partial charge >= 0.3 is 158 Å². The third kappa shape index (κ3) is 3.43. The Kier molecular flexibility index (Phi) is 4.64. The Balaban J connectivity index is 1.74. The van der Waals surface area contributed by atoms with Crippen LogP contribution in [0.2, 0.25) is 24.8 Å². The van der Waals surface area contributed by atoms with Gasteiger partial charge in [0.2, 0.25) is 0 Å². The molecule has 4 rings (SSSR count). The van der Waals surface area contributed by atoms with Crippen molar-refractivity contribution < 1.29 is 23.1 Å². The van der Waals surface area contributed by atoms with E-state index in [1.165, 1.54) is 6.33 Å². The van der Waals surface area contributed by atoms with Crippen LogP contribution >= 0.6 is 19.4 Å². The van der Waals surface area contributed by atoms with Gasteiger partial charge < -0.3 is 0 Å². The van der Waals surface area contributed by atoms with Crippen LogP contribution in [0, 0.1) is 0 Å². The molecular formula is C13H21BClN4O5PSi. The van der Waals surface area contributed by atoms with E-state index in [0.29, 0.717) is 11.2 Å². The zero-order chi connectivity index (χ0) is 18.7. The number of hydrogen-bond acceptors (Lipinski definition) is 8.